The summed E-state index contributed by atoms with van der Waals surface area (Å²) in [6.07, 6.45) is 1.64. The molecule has 0 aromatic heterocycles. The number of rotatable bonds is 4. The highest BCUT2D eigenvalue weighted by molar-refractivity contribution is 5.73. The van der Waals surface area contributed by atoms with E-state index in [0.29, 0.717) is 13.2 Å². The molecule has 0 spiro atoms. The molecule has 0 aromatic carbocycles. The zero-order valence-electron chi connectivity index (χ0n) is 8.03. The van der Waals surface area contributed by atoms with Gasteiger partial charge in [0, 0.05) is 13.1 Å². The molecule has 1 saturated heterocycles. The Morgan fingerprint density at radius 2 is 2.15 bits per heavy atom. The Labute approximate surface area is 78.5 Å². The molecule has 0 bridgehead atoms. The standard InChI is InChI=1S/C9H17NO3/c1-2-3-8(9(11)12)10-4-6-13-7-5-10/h8H,2-7H2,1H3,(H,11,12)/t8-/m1/s1. The van der Waals surface area contributed by atoms with E-state index in [9.17, 15) is 4.79 Å². The molecule has 0 aliphatic carbocycles. The monoisotopic (exact) mass is 187 g/mol. The van der Waals surface area contributed by atoms with Gasteiger partial charge in [-0.15, -0.1) is 0 Å². The van der Waals surface area contributed by atoms with E-state index in [1.165, 1.54) is 0 Å². The Bertz CT molecular complexity index is 166. The second kappa shape index (κ2) is 5.19. The van der Waals surface area contributed by atoms with Crippen molar-refractivity contribution < 1.29 is 14.6 Å². The van der Waals surface area contributed by atoms with Crippen molar-refractivity contribution >= 4 is 5.97 Å². The molecule has 0 radical (unpaired) electrons. The third-order valence-electron chi connectivity index (χ3n) is 2.33. The smallest absolute Gasteiger partial charge is 0.320 e. The van der Waals surface area contributed by atoms with Crippen LogP contribution in [0, 0.1) is 0 Å². The average molecular weight is 187 g/mol. The summed E-state index contributed by atoms with van der Waals surface area (Å²) in [6, 6.07) is -0.311. The lowest BCUT2D eigenvalue weighted by molar-refractivity contribution is -0.145. The van der Waals surface area contributed by atoms with Gasteiger partial charge >= 0.3 is 5.97 Å². The summed E-state index contributed by atoms with van der Waals surface area (Å²) >= 11 is 0. The van der Waals surface area contributed by atoms with Crippen LogP contribution < -0.4 is 0 Å². The molecule has 1 fully saturated rings. The normalized spacial score (nSPS) is 21.3. The van der Waals surface area contributed by atoms with Crippen LogP contribution in [-0.4, -0.2) is 48.3 Å². The van der Waals surface area contributed by atoms with Crippen molar-refractivity contribution in [1.82, 2.24) is 4.90 Å². The van der Waals surface area contributed by atoms with E-state index in [-0.39, 0.29) is 6.04 Å². The van der Waals surface area contributed by atoms with Gasteiger partial charge in [0.15, 0.2) is 0 Å². The van der Waals surface area contributed by atoms with Gasteiger partial charge in [0.25, 0.3) is 0 Å². The molecule has 1 aliphatic heterocycles. The van der Waals surface area contributed by atoms with E-state index in [1.54, 1.807) is 0 Å². The summed E-state index contributed by atoms with van der Waals surface area (Å²) in [5.41, 5.74) is 0. The largest absolute Gasteiger partial charge is 0.480 e. The molecule has 1 heterocycles. The molecule has 4 heteroatoms. The average Bonchev–Trinajstić information content (AvgIpc) is 2.15. The molecule has 0 unspecified atom stereocenters. The van der Waals surface area contributed by atoms with E-state index in [1.807, 2.05) is 11.8 Å². The van der Waals surface area contributed by atoms with Gasteiger partial charge in [-0.2, -0.15) is 0 Å². The second-order valence-corrected chi connectivity index (χ2v) is 3.29. The van der Waals surface area contributed by atoms with Crippen LogP contribution in [0.5, 0.6) is 0 Å². The first kappa shape index (κ1) is 10.5. The van der Waals surface area contributed by atoms with Gasteiger partial charge in [0.2, 0.25) is 0 Å². The molecule has 1 rings (SSSR count). The van der Waals surface area contributed by atoms with Gasteiger partial charge in [0.05, 0.1) is 13.2 Å². The first-order valence-corrected chi connectivity index (χ1v) is 4.80. The number of hydrogen-bond acceptors (Lipinski definition) is 3. The number of aliphatic carboxylic acids is 1. The van der Waals surface area contributed by atoms with E-state index in [0.717, 1.165) is 25.9 Å². The molecule has 13 heavy (non-hydrogen) atoms. The SMILES string of the molecule is CCC[C@H](C(=O)O)N1CCOCC1. The number of nitrogens with zero attached hydrogens (tertiary/aromatic N) is 1. The summed E-state index contributed by atoms with van der Waals surface area (Å²) in [7, 11) is 0. The van der Waals surface area contributed by atoms with E-state index in [4.69, 9.17) is 9.84 Å². The van der Waals surface area contributed by atoms with Crippen molar-refractivity contribution in [2.75, 3.05) is 26.3 Å². The predicted molar refractivity (Wildman–Crippen MR) is 48.7 cm³/mol. The zero-order chi connectivity index (χ0) is 9.68. The molecule has 4 nitrogen and oxygen atoms in total. The van der Waals surface area contributed by atoms with Crippen LogP contribution in [0.25, 0.3) is 0 Å². The van der Waals surface area contributed by atoms with Crippen LogP contribution >= 0.6 is 0 Å². The first-order valence-electron chi connectivity index (χ1n) is 4.80. The van der Waals surface area contributed by atoms with Crippen molar-refractivity contribution in [3.63, 3.8) is 0 Å². The lowest BCUT2D eigenvalue weighted by Crippen LogP contribution is -2.47. The van der Waals surface area contributed by atoms with Crippen LogP contribution in [0.2, 0.25) is 0 Å². The van der Waals surface area contributed by atoms with Gasteiger partial charge in [-0.25, -0.2) is 0 Å². The van der Waals surface area contributed by atoms with E-state index < -0.39 is 5.97 Å². The van der Waals surface area contributed by atoms with Crippen molar-refractivity contribution in [2.45, 2.75) is 25.8 Å². The van der Waals surface area contributed by atoms with Crippen LogP contribution in [0.15, 0.2) is 0 Å². The summed E-state index contributed by atoms with van der Waals surface area (Å²) in [6.45, 7) is 4.82. The minimum Gasteiger partial charge on any atom is -0.480 e. The first-order chi connectivity index (χ1) is 6.25. The fraction of sp³-hybridized carbons (Fsp3) is 0.889. The van der Waals surface area contributed by atoms with Gasteiger partial charge in [-0.1, -0.05) is 13.3 Å². The summed E-state index contributed by atoms with van der Waals surface area (Å²) in [5, 5.41) is 8.97. The summed E-state index contributed by atoms with van der Waals surface area (Å²) < 4.78 is 5.17. The molecule has 0 amide bonds. The number of carbonyl (C=O) groups is 1. The molecule has 0 saturated carbocycles. The molecular weight excluding hydrogens is 170 g/mol. The number of morpholine rings is 1. The molecule has 1 atom stereocenters. The number of carboxylic acids is 1. The second-order valence-electron chi connectivity index (χ2n) is 3.29. The Hall–Kier alpha value is -0.610. The topological polar surface area (TPSA) is 49.8 Å². The van der Waals surface area contributed by atoms with Crippen molar-refractivity contribution in [3.05, 3.63) is 0 Å². The van der Waals surface area contributed by atoms with E-state index in [2.05, 4.69) is 0 Å². The Balaban J connectivity index is 2.46. The highest BCUT2D eigenvalue weighted by atomic mass is 16.5. The summed E-state index contributed by atoms with van der Waals surface area (Å²) in [5.74, 6) is -0.705. The van der Waals surface area contributed by atoms with E-state index >= 15 is 0 Å². The molecular formula is C9H17NO3. The van der Waals surface area contributed by atoms with Gasteiger partial charge in [-0.3, -0.25) is 9.69 Å². The molecule has 1 N–H and O–H groups in total. The highest BCUT2D eigenvalue weighted by Crippen LogP contribution is 2.09. The quantitative estimate of drug-likeness (QED) is 0.699. The third kappa shape index (κ3) is 2.97. The van der Waals surface area contributed by atoms with Crippen molar-refractivity contribution in [1.29, 1.82) is 0 Å². The van der Waals surface area contributed by atoms with Gasteiger partial charge in [-0.05, 0) is 6.42 Å². The Kier molecular flexibility index (Phi) is 4.18. The van der Waals surface area contributed by atoms with Crippen LogP contribution in [0.4, 0.5) is 0 Å². The minimum atomic E-state index is -0.705. The molecule has 1 aliphatic rings. The Morgan fingerprint density at radius 3 is 2.62 bits per heavy atom. The third-order valence-corrected chi connectivity index (χ3v) is 2.33. The predicted octanol–water partition coefficient (Wildman–Crippen LogP) is 0.572. The van der Waals surface area contributed by atoms with Gasteiger partial charge < -0.3 is 9.84 Å². The van der Waals surface area contributed by atoms with Crippen LogP contribution in [0.1, 0.15) is 19.8 Å². The lowest BCUT2D eigenvalue weighted by atomic mass is 10.1. The van der Waals surface area contributed by atoms with Crippen molar-refractivity contribution in [3.8, 4) is 0 Å². The summed E-state index contributed by atoms with van der Waals surface area (Å²) in [4.78, 5) is 12.9. The maximum atomic E-state index is 10.9. The van der Waals surface area contributed by atoms with Gasteiger partial charge in [0.1, 0.15) is 6.04 Å². The fourth-order valence-electron chi connectivity index (χ4n) is 1.62. The highest BCUT2D eigenvalue weighted by Gasteiger charge is 2.25. The van der Waals surface area contributed by atoms with Crippen LogP contribution in [0.3, 0.4) is 0 Å². The maximum absolute atomic E-state index is 10.9. The number of ether oxygens (including phenoxy) is 1. The number of hydrogen-bond donors (Lipinski definition) is 1. The Morgan fingerprint density at radius 1 is 1.54 bits per heavy atom. The lowest BCUT2D eigenvalue weighted by Gasteiger charge is -2.31. The minimum absolute atomic E-state index is 0.311. The maximum Gasteiger partial charge on any atom is 0.320 e. The zero-order valence-corrected chi connectivity index (χ0v) is 8.03. The van der Waals surface area contributed by atoms with Crippen LogP contribution in [-0.2, 0) is 9.53 Å². The fourth-order valence-corrected chi connectivity index (χ4v) is 1.62. The molecule has 76 valence electrons. The van der Waals surface area contributed by atoms with Crippen molar-refractivity contribution in [2.24, 2.45) is 0 Å². The molecule has 0 aromatic rings. The number of carboxylic acid groups (broad SMARTS) is 1.